The lowest BCUT2D eigenvalue weighted by atomic mass is 10.1. The van der Waals surface area contributed by atoms with Gasteiger partial charge in [0.2, 0.25) is 0 Å². The molecule has 27 heavy (non-hydrogen) atoms. The number of halogens is 1. The summed E-state index contributed by atoms with van der Waals surface area (Å²) < 4.78 is 0.833. The average Bonchev–Trinajstić information content (AvgIpc) is 2.68. The van der Waals surface area contributed by atoms with Crippen molar-refractivity contribution in [3.63, 3.8) is 0 Å². The number of carbonyl (C=O) groups is 2. The first-order chi connectivity index (χ1) is 13.1. The fraction of sp³-hybridized carbons (Fsp3) is 0.300. The molecule has 0 radical (unpaired) electrons. The highest BCUT2D eigenvalue weighted by atomic mass is 79.9. The highest BCUT2D eigenvalue weighted by Crippen LogP contribution is 2.17. The normalized spacial score (nSPS) is 14.8. The molecule has 0 saturated carbocycles. The summed E-state index contributed by atoms with van der Waals surface area (Å²) in [4.78, 5) is 29.1. The van der Waals surface area contributed by atoms with Crippen LogP contribution in [0.2, 0.25) is 0 Å². The lowest BCUT2D eigenvalue weighted by Gasteiger charge is -2.34. The molecule has 7 heteroatoms. The molecular formula is C20H22BrN3O3. The smallest absolute Gasteiger partial charge is 0.255 e. The van der Waals surface area contributed by atoms with Gasteiger partial charge in [-0.3, -0.25) is 14.5 Å². The first-order valence-corrected chi connectivity index (χ1v) is 9.65. The van der Waals surface area contributed by atoms with E-state index in [1.807, 2.05) is 11.0 Å². The maximum absolute atomic E-state index is 12.8. The molecule has 1 heterocycles. The van der Waals surface area contributed by atoms with E-state index in [-0.39, 0.29) is 18.4 Å². The largest absolute Gasteiger partial charge is 0.395 e. The van der Waals surface area contributed by atoms with E-state index < -0.39 is 0 Å². The highest BCUT2D eigenvalue weighted by molar-refractivity contribution is 9.10. The van der Waals surface area contributed by atoms with Gasteiger partial charge in [-0.05, 0) is 36.4 Å². The molecule has 0 spiro atoms. The average molecular weight is 432 g/mol. The Balaban J connectivity index is 1.65. The number of nitrogens with zero attached hydrogens (tertiary/aromatic N) is 2. The first-order valence-electron chi connectivity index (χ1n) is 8.86. The number of piperazine rings is 1. The number of rotatable bonds is 5. The van der Waals surface area contributed by atoms with Gasteiger partial charge in [-0.15, -0.1) is 0 Å². The van der Waals surface area contributed by atoms with Gasteiger partial charge in [-0.2, -0.15) is 0 Å². The summed E-state index contributed by atoms with van der Waals surface area (Å²) in [7, 11) is 0. The van der Waals surface area contributed by atoms with Crippen LogP contribution < -0.4 is 5.32 Å². The van der Waals surface area contributed by atoms with Crippen molar-refractivity contribution in [2.45, 2.75) is 0 Å². The molecule has 0 aliphatic carbocycles. The number of carbonyl (C=O) groups excluding carboxylic acids is 2. The zero-order valence-corrected chi connectivity index (χ0v) is 16.5. The van der Waals surface area contributed by atoms with E-state index in [0.717, 1.165) is 17.6 Å². The van der Waals surface area contributed by atoms with E-state index in [1.54, 1.807) is 42.5 Å². The Labute approximate surface area is 166 Å². The third-order valence-electron chi connectivity index (χ3n) is 4.53. The fourth-order valence-electron chi connectivity index (χ4n) is 3.06. The van der Waals surface area contributed by atoms with Crippen LogP contribution in [0.25, 0.3) is 0 Å². The minimum atomic E-state index is -0.224. The molecule has 1 aliphatic rings. The number of benzene rings is 2. The topological polar surface area (TPSA) is 72.9 Å². The van der Waals surface area contributed by atoms with Gasteiger partial charge < -0.3 is 15.3 Å². The summed E-state index contributed by atoms with van der Waals surface area (Å²) in [5.41, 5.74) is 1.68. The van der Waals surface area contributed by atoms with E-state index in [2.05, 4.69) is 26.1 Å². The Morgan fingerprint density at radius 2 is 1.70 bits per heavy atom. The maximum Gasteiger partial charge on any atom is 0.255 e. The number of aliphatic hydroxyl groups is 1. The predicted octanol–water partition coefficient (Wildman–Crippen LogP) is 2.45. The lowest BCUT2D eigenvalue weighted by molar-refractivity contribution is 0.0615. The van der Waals surface area contributed by atoms with E-state index in [0.29, 0.717) is 36.4 Å². The third kappa shape index (κ3) is 5.15. The van der Waals surface area contributed by atoms with Gasteiger partial charge in [0.25, 0.3) is 11.8 Å². The SMILES string of the molecule is O=C(Nc1cccc(C(=O)N2CCN(CCO)CC2)c1)c1cccc(Br)c1. The van der Waals surface area contributed by atoms with E-state index >= 15 is 0 Å². The Morgan fingerprint density at radius 3 is 2.41 bits per heavy atom. The maximum atomic E-state index is 12.8. The van der Waals surface area contributed by atoms with Crippen LogP contribution in [0.1, 0.15) is 20.7 Å². The van der Waals surface area contributed by atoms with Gasteiger partial charge >= 0.3 is 0 Å². The Morgan fingerprint density at radius 1 is 1.00 bits per heavy atom. The number of aliphatic hydroxyl groups excluding tert-OH is 1. The van der Waals surface area contributed by atoms with Crippen molar-refractivity contribution >= 4 is 33.4 Å². The molecule has 142 valence electrons. The van der Waals surface area contributed by atoms with E-state index in [1.165, 1.54) is 0 Å². The summed E-state index contributed by atoms with van der Waals surface area (Å²) >= 11 is 3.36. The quantitative estimate of drug-likeness (QED) is 0.762. The Hall–Kier alpha value is -2.22. The Kier molecular flexibility index (Phi) is 6.60. The summed E-state index contributed by atoms with van der Waals surface area (Å²) in [6, 6.07) is 14.1. The Bertz CT molecular complexity index is 820. The van der Waals surface area contributed by atoms with Gasteiger partial charge in [0.1, 0.15) is 0 Å². The predicted molar refractivity (Wildman–Crippen MR) is 108 cm³/mol. The lowest BCUT2D eigenvalue weighted by Crippen LogP contribution is -2.49. The van der Waals surface area contributed by atoms with Crippen molar-refractivity contribution in [2.24, 2.45) is 0 Å². The van der Waals surface area contributed by atoms with Crippen LogP contribution in [-0.2, 0) is 0 Å². The minimum absolute atomic E-state index is 0.0443. The van der Waals surface area contributed by atoms with Gasteiger partial charge in [-0.25, -0.2) is 0 Å². The van der Waals surface area contributed by atoms with Crippen molar-refractivity contribution < 1.29 is 14.7 Å². The molecule has 0 aromatic heterocycles. The standard InChI is InChI=1S/C20H22BrN3O3/c21-17-5-1-3-15(13-17)19(26)22-18-6-2-4-16(14-18)20(27)24-9-7-23(8-10-24)11-12-25/h1-6,13-14,25H,7-12H2,(H,22,26). The minimum Gasteiger partial charge on any atom is -0.395 e. The van der Waals surface area contributed by atoms with Crippen molar-refractivity contribution in [3.05, 3.63) is 64.1 Å². The van der Waals surface area contributed by atoms with Crippen LogP contribution in [0.3, 0.4) is 0 Å². The first kappa shape index (κ1) is 19.5. The van der Waals surface area contributed by atoms with Crippen LogP contribution >= 0.6 is 15.9 Å². The number of hydrogen-bond acceptors (Lipinski definition) is 4. The molecule has 0 atom stereocenters. The molecule has 1 saturated heterocycles. The molecule has 2 N–H and O–H groups in total. The second kappa shape index (κ2) is 9.12. The monoisotopic (exact) mass is 431 g/mol. The van der Waals surface area contributed by atoms with E-state index in [4.69, 9.17) is 5.11 Å². The molecule has 1 aliphatic heterocycles. The summed E-state index contributed by atoms with van der Waals surface area (Å²) in [6.07, 6.45) is 0. The van der Waals surface area contributed by atoms with Crippen LogP contribution in [0.5, 0.6) is 0 Å². The molecule has 6 nitrogen and oxygen atoms in total. The highest BCUT2D eigenvalue weighted by Gasteiger charge is 2.22. The number of nitrogens with one attached hydrogen (secondary N) is 1. The zero-order chi connectivity index (χ0) is 19.2. The van der Waals surface area contributed by atoms with Gasteiger partial charge in [-0.1, -0.05) is 28.1 Å². The summed E-state index contributed by atoms with van der Waals surface area (Å²) in [5, 5.41) is 11.9. The van der Waals surface area contributed by atoms with Crippen LogP contribution in [0.4, 0.5) is 5.69 Å². The van der Waals surface area contributed by atoms with Crippen molar-refractivity contribution in [3.8, 4) is 0 Å². The molecule has 3 rings (SSSR count). The molecule has 0 bridgehead atoms. The summed E-state index contributed by atoms with van der Waals surface area (Å²) in [5.74, 6) is -0.268. The second-order valence-electron chi connectivity index (χ2n) is 6.40. The molecule has 2 aromatic carbocycles. The summed E-state index contributed by atoms with van der Waals surface area (Å²) in [6.45, 7) is 3.55. The molecule has 2 amide bonds. The van der Waals surface area contributed by atoms with E-state index in [9.17, 15) is 9.59 Å². The van der Waals surface area contributed by atoms with Crippen LogP contribution in [0.15, 0.2) is 53.0 Å². The second-order valence-corrected chi connectivity index (χ2v) is 7.32. The fourth-order valence-corrected chi connectivity index (χ4v) is 3.46. The molecular weight excluding hydrogens is 410 g/mol. The molecule has 1 fully saturated rings. The number of β-amino-alcohol motifs (C(OH)–C–C–N with tert-alkyl or cyclic N) is 1. The van der Waals surface area contributed by atoms with Gasteiger partial charge in [0.15, 0.2) is 0 Å². The molecule has 0 unspecified atom stereocenters. The van der Waals surface area contributed by atoms with Crippen molar-refractivity contribution in [2.75, 3.05) is 44.6 Å². The van der Waals surface area contributed by atoms with Gasteiger partial charge in [0.05, 0.1) is 6.61 Å². The van der Waals surface area contributed by atoms with Crippen LogP contribution in [0, 0.1) is 0 Å². The third-order valence-corrected chi connectivity index (χ3v) is 5.02. The number of amides is 2. The molecule has 2 aromatic rings. The number of anilines is 1. The van der Waals surface area contributed by atoms with Crippen LogP contribution in [-0.4, -0.2) is 66.1 Å². The number of hydrogen-bond donors (Lipinski definition) is 2. The van der Waals surface area contributed by atoms with Crippen molar-refractivity contribution in [1.82, 2.24) is 9.80 Å². The van der Waals surface area contributed by atoms with Crippen molar-refractivity contribution in [1.29, 1.82) is 0 Å². The zero-order valence-electron chi connectivity index (χ0n) is 14.9. The van der Waals surface area contributed by atoms with Gasteiger partial charge in [0, 0.05) is 54.0 Å².